The summed E-state index contributed by atoms with van der Waals surface area (Å²) in [6, 6.07) is 15.0. The molecule has 0 radical (unpaired) electrons. The van der Waals surface area contributed by atoms with Crippen molar-refractivity contribution >= 4 is 39.8 Å². The lowest BCUT2D eigenvalue weighted by molar-refractivity contribution is -0.135. The minimum Gasteiger partial charge on any atom is -0.393 e. The van der Waals surface area contributed by atoms with Crippen LogP contribution < -0.4 is 16.3 Å². The third-order valence-corrected chi connectivity index (χ3v) is 13.8. The van der Waals surface area contributed by atoms with Gasteiger partial charge in [0.2, 0.25) is 17.8 Å². The first-order valence-electron chi connectivity index (χ1n) is 23.3. The molecule has 3 aromatic heterocycles. The topological polar surface area (TPSA) is 155 Å². The van der Waals surface area contributed by atoms with Gasteiger partial charge in [0.25, 0.3) is 0 Å². The Bertz CT molecular complexity index is 2450. The van der Waals surface area contributed by atoms with Gasteiger partial charge in [0.15, 0.2) is 0 Å². The molecular weight excluding hydrogens is 797 g/mol. The van der Waals surface area contributed by atoms with Crippen molar-refractivity contribution in [2.45, 2.75) is 115 Å². The number of imide groups is 1. The molecular formula is C48H64N10O5. The number of aliphatic hydroxyl groups excluding tert-OH is 1. The van der Waals surface area contributed by atoms with E-state index in [1.807, 2.05) is 24.4 Å². The van der Waals surface area contributed by atoms with E-state index in [0.29, 0.717) is 30.0 Å². The van der Waals surface area contributed by atoms with E-state index < -0.39 is 11.9 Å². The summed E-state index contributed by atoms with van der Waals surface area (Å²) < 4.78 is 11.7. The average Bonchev–Trinajstić information content (AvgIpc) is 3.76. The number of imidazole rings is 1. The largest absolute Gasteiger partial charge is 0.393 e. The highest BCUT2D eigenvalue weighted by Crippen LogP contribution is 2.37. The fourth-order valence-electron chi connectivity index (χ4n) is 10.2. The van der Waals surface area contributed by atoms with Crippen molar-refractivity contribution in [2.24, 2.45) is 7.05 Å². The van der Waals surface area contributed by atoms with Crippen LogP contribution in [0.15, 0.2) is 59.7 Å². The quantitative estimate of drug-likeness (QED) is 0.0885. The number of piperazine rings is 1. The van der Waals surface area contributed by atoms with Crippen molar-refractivity contribution in [1.82, 2.24) is 43.7 Å². The molecule has 2 amide bonds. The van der Waals surface area contributed by atoms with Crippen LogP contribution in [0.25, 0.3) is 33.2 Å². The van der Waals surface area contributed by atoms with Crippen LogP contribution in [0.1, 0.15) is 94.8 Å². The summed E-state index contributed by atoms with van der Waals surface area (Å²) >= 11 is 0. The molecule has 2 aromatic carbocycles. The Kier molecular flexibility index (Phi) is 13.1. The number of nitrogens with zero attached hydrogens (tertiary/aromatic N) is 8. The van der Waals surface area contributed by atoms with E-state index in [2.05, 4.69) is 74.2 Å². The number of ether oxygens (including phenoxy) is 1. The molecule has 3 saturated heterocycles. The molecule has 1 aliphatic carbocycles. The third kappa shape index (κ3) is 9.63. The van der Waals surface area contributed by atoms with Crippen molar-refractivity contribution in [1.29, 1.82) is 0 Å². The molecule has 4 fully saturated rings. The van der Waals surface area contributed by atoms with Gasteiger partial charge in [0.1, 0.15) is 11.7 Å². The lowest BCUT2D eigenvalue weighted by Gasteiger charge is -2.39. The summed E-state index contributed by atoms with van der Waals surface area (Å²) in [6.45, 7) is 13.9. The highest BCUT2D eigenvalue weighted by molar-refractivity contribution is 6.00. The molecule has 15 heteroatoms. The zero-order valence-corrected chi connectivity index (χ0v) is 37.2. The number of hydrogen-bond donors (Lipinski definition) is 3. The molecule has 3 aliphatic heterocycles. The second-order valence-corrected chi connectivity index (χ2v) is 18.5. The normalized spacial score (nSPS) is 22.4. The van der Waals surface area contributed by atoms with Crippen LogP contribution in [0.3, 0.4) is 0 Å². The van der Waals surface area contributed by atoms with E-state index in [0.717, 1.165) is 138 Å². The number of aryl methyl sites for hydroxylation is 1. The number of anilines is 1. The molecule has 336 valence electrons. The fourth-order valence-corrected chi connectivity index (χ4v) is 10.2. The van der Waals surface area contributed by atoms with Crippen LogP contribution in [-0.4, -0.2) is 126 Å². The smallest absolute Gasteiger partial charge is 0.329 e. The predicted octanol–water partition coefficient (Wildman–Crippen LogP) is 5.21. The van der Waals surface area contributed by atoms with Gasteiger partial charge in [-0.25, -0.2) is 9.78 Å². The van der Waals surface area contributed by atoms with Crippen molar-refractivity contribution in [3.8, 4) is 11.1 Å². The van der Waals surface area contributed by atoms with E-state index in [1.165, 1.54) is 15.7 Å². The van der Waals surface area contributed by atoms with Gasteiger partial charge in [-0.05, 0) is 80.7 Å². The lowest BCUT2D eigenvalue weighted by atomic mass is 9.93. The molecule has 0 spiro atoms. The van der Waals surface area contributed by atoms with E-state index in [9.17, 15) is 19.5 Å². The van der Waals surface area contributed by atoms with Gasteiger partial charge in [-0.2, -0.15) is 4.98 Å². The number of amides is 2. The molecule has 3 N–H and O–H groups in total. The summed E-state index contributed by atoms with van der Waals surface area (Å²) in [5.74, 6) is -0.0297. The van der Waals surface area contributed by atoms with Crippen LogP contribution in [0.5, 0.6) is 0 Å². The van der Waals surface area contributed by atoms with Crippen LogP contribution >= 0.6 is 0 Å². The number of hydrogen-bond acceptors (Lipinski definition) is 11. The van der Waals surface area contributed by atoms with Gasteiger partial charge in [0, 0.05) is 114 Å². The number of fused-ring (bicyclic) bond motifs is 2. The molecule has 6 heterocycles. The van der Waals surface area contributed by atoms with Gasteiger partial charge in [0.05, 0.1) is 23.2 Å². The maximum atomic E-state index is 13.1. The Hall–Kier alpha value is -4.93. The van der Waals surface area contributed by atoms with E-state index >= 15 is 0 Å². The minimum atomic E-state index is -0.678. The summed E-state index contributed by atoms with van der Waals surface area (Å²) in [5, 5.41) is 17.2. The maximum absolute atomic E-state index is 13.1. The number of rotatable bonds is 16. The number of aliphatic hydroxyl groups is 1. The zero-order valence-electron chi connectivity index (χ0n) is 37.2. The van der Waals surface area contributed by atoms with Crippen LogP contribution in [0.4, 0.5) is 5.95 Å². The number of carbonyl (C=O) groups excluding carboxylic acids is 2. The van der Waals surface area contributed by atoms with Crippen LogP contribution in [0, 0.1) is 0 Å². The van der Waals surface area contributed by atoms with Crippen molar-refractivity contribution in [3.05, 3.63) is 76.5 Å². The Morgan fingerprint density at radius 1 is 0.905 bits per heavy atom. The summed E-state index contributed by atoms with van der Waals surface area (Å²) in [6.07, 6.45) is 11.6. The molecule has 1 saturated carbocycles. The average molecular weight is 861 g/mol. The molecule has 2 atom stereocenters. The molecule has 0 unspecified atom stereocenters. The summed E-state index contributed by atoms with van der Waals surface area (Å²) in [5.41, 5.74) is 6.99. The highest BCUT2D eigenvalue weighted by Gasteiger charge is 2.32. The maximum Gasteiger partial charge on any atom is 0.329 e. The van der Waals surface area contributed by atoms with E-state index in [4.69, 9.17) is 14.7 Å². The minimum absolute atomic E-state index is 0.202. The number of benzene rings is 2. The molecule has 9 rings (SSSR count). The Morgan fingerprint density at radius 2 is 1.63 bits per heavy atom. The predicted molar refractivity (Wildman–Crippen MR) is 244 cm³/mol. The number of aromatic nitrogens is 5. The third-order valence-electron chi connectivity index (χ3n) is 13.8. The number of piperidine rings is 1. The molecule has 5 aromatic rings. The van der Waals surface area contributed by atoms with Crippen LogP contribution in [0.2, 0.25) is 0 Å². The molecule has 63 heavy (non-hydrogen) atoms. The molecule has 4 aliphatic rings. The number of nitrogens with one attached hydrogen (secondary N) is 2. The number of carbonyl (C=O) groups is 2. The first-order chi connectivity index (χ1) is 30.6. The molecule has 0 bridgehead atoms. The lowest BCUT2D eigenvalue weighted by Crippen LogP contribution is -2.51. The van der Waals surface area contributed by atoms with Gasteiger partial charge < -0.3 is 24.6 Å². The monoisotopic (exact) mass is 861 g/mol. The molecule has 15 nitrogen and oxygen atoms in total. The first kappa shape index (κ1) is 43.3. The first-order valence-corrected chi connectivity index (χ1v) is 23.3. The Morgan fingerprint density at radius 3 is 2.38 bits per heavy atom. The SMILES string of the molecule is CCC[C@H](C)Nc1ncc2c(-c3ccc(CN4CCN(CCCOC5CN(Cc6ccc7c(c6)n(C)c(=O)n7[C@H]6CCC(=O)NC6=O)C5)CC4)cc3)cn(C3CCC(O)CC3)c2n1. The Balaban J connectivity index is 0.709. The van der Waals surface area contributed by atoms with E-state index in [1.54, 1.807) is 11.6 Å². The standard InChI is InChI=1S/C48H64N10O5/c1-4-6-32(2)50-47-49-26-39-40(31-57(45(39)52-47)36-12-14-37(59)15-13-36)35-10-7-33(8-11-35)27-55-22-20-54(21-23-55)19-5-24-63-38-29-56(30-38)28-34-9-16-41-43(25-34)53(3)48(62)58(41)42-17-18-44(60)51-46(42)61/h7-11,16,25-26,31-32,36-38,42,59H,4-6,12-15,17-24,27-30H2,1-3H3,(H,49,50,52)(H,51,60,61)/t32-,36?,37?,42-/m0/s1. The second kappa shape index (κ2) is 19.0. The summed E-state index contributed by atoms with van der Waals surface area (Å²) in [7, 11) is 1.73. The van der Waals surface area contributed by atoms with Crippen molar-refractivity contribution in [3.63, 3.8) is 0 Å². The van der Waals surface area contributed by atoms with Gasteiger partial charge in [-0.1, -0.05) is 43.7 Å². The fraction of sp³-hybridized carbons (Fsp3) is 0.562. The van der Waals surface area contributed by atoms with Crippen molar-refractivity contribution in [2.75, 3.05) is 57.7 Å². The number of likely N-dealkylation sites (tertiary alicyclic amines) is 1. The Labute approximate surface area is 369 Å². The van der Waals surface area contributed by atoms with Gasteiger partial charge >= 0.3 is 5.69 Å². The van der Waals surface area contributed by atoms with Crippen molar-refractivity contribution < 1.29 is 19.4 Å². The van der Waals surface area contributed by atoms with Gasteiger partial charge in [-0.3, -0.25) is 33.8 Å². The second-order valence-electron chi connectivity index (χ2n) is 18.5. The zero-order chi connectivity index (χ0) is 43.6. The summed E-state index contributed by atoms with van der Waals surface area (Å²) in [4.78, 5) is 54.6. The van der Waals surface area contributed by atoms with Crippen LogP contribution in [-0.2, 0) is 34.5 Å². The van der Waals surface area contributed by atoms with E-state index in [-0.39, 0.29) is 30.2 Å². The van der Waals surface area contributed by atoms with Gasteiger partial charge in [-0.15, -0.1) is 0 Å². The highest BCUT2D eigenvalue weighted by atomic mass is 16.5.